The quantitative estimate of drug-likeness (QED) is 0.556. The molecule has 0 saturated carbocycles. The summed E-state index contributed by atoms with van der Waals surface area (Å²) >= 11 is 1.42. The number of anilines is 1. The number of amides is 2. The van der Waals surface area contributed by atoms with Crippen LogP contribution in [0.2, 0.25) is 0 Å². The molecule has 0 spiro atoms. The van der Waals surface area contributed by atoms with Gasteiger partial charge in [-0.3, -0.25) is 9.59 Å². The molecule has 0 unspecified atom stereocenters. The summed E-state index contributed by atoms with van der Waals surface area (Å²) < 4.78 is 24.6. The predicted molar refractivity (Wildman–Crippen MR) is 116 cm³/mol. The van der Waals surface area contributed by atoms with Gasteiger partial charge in [0.15, 0.2) is 17.7 Å². The van der Waals surface area contributed by atoms with Gasteiger partial charge in [0.2, 0.25) is 0 Å². The number of nitrogens with one attached hydrogen (secondary N) is 2. The molecule has 1 aliphatic rings. The third-order valence-corrected chi connectivity index (χ3v) is 6.36. The van der Waals surface area contributed by atoms with Crippen LogP contribution in [0.5, 0.6) is 5.75 Å². The molecule has 2 amide bonds. The Kier molecular flexibility index (Phi) is 6.36. The first-order valence-electron chi connectivity index (χ1n) is 10.2. The minimum Gasteiger partial charge on any atom is -0.478 e. The Morgan fingerprint density at radius 1 is 1.19 bits per heavy atom. The van der Waals surface area contributed by atoms with Crippen molar-refractivity contribution in [1.82, 2.24) is 5.32 Å². The first-order chi connectivity index (χ1) is 15.0. The van der Waals surface area contributed by atoms with E-state index in [0.717, 1.165) is 36.1 Å². The fourth-order valence-corrected chi connectivity index (χ4v) is 4.85. The molecule has 1 aromatic carbocycles. The van der Waals surface area contributed by atoms with Gasteiger partial charge in [-0.2, -0.15) is 0 Å². The third kappa shape index (κ3) is 4.80. The second kappa shape index (κ2) is 9.34. The van der Waals surface area contributed by atoms with Crippen molar-refractivity contribution >= 4 is 28.2 Å². The van der Waals surface area contributed by atoms with E-state index < -0.39 is 17.8 Å². The molecule has 2 aromatic heterocycles. The third-order valence-electron chi connectivity index (χ3n) is 5.15. The highest BCUT2D eigenvalue weighted by Crippen LogP contribution is 2.38. The highest BCUT2D eigenvalue weighted by atomic mass is 32.1. The van der Waals surface area contributed by atoms with Gasteiger partial charge in [-0.15, -0.1) is 11.3 Å². The number of hydrogen-bond donors (Lipinski definition) is 2. The van der Waals surface area contributed by atoms with Gasteiger partial charge in [-0.05, 0) is 62.4 Å². The van der Waals surface area contributed by atoms with Crippen LogP contribution in [0.4, 0.5) is 9.39 Å². The number of benzene rings is 1. The molecule has 3 aromatic rings. The SMILES string of the molecule is C[C@@H](Oc1ccccc1F)C(=O)Nc1sc2c(c1C(=O)NCc1ccco1)CCCC2. The maximum absolute atomic E-state index is 13.9. The van der Waals surface area contributed by atoms with Crippen molar-refractivity contribution in [2.24, 2.45) is 0 Å². The minimum absolute atomic E-state index is 0.00652. The van der Waals surface area contributed by atoms with Crippen molar-refractivity contribution in [3.63, 3.8) is 0 Å². The summed E-state index contributed by atoms with van der Waals surface area (Å²) in [6.07, 6.45) is 4.36. The molecule has 0 aliphatic heterocycles. The fraction of sp³-hybridized carbons (Fsp3) is 0.304. The summed E-state index contributed by atoms with van der Waals surface area (Å²) in [6, 6.07) is 9.48. The Hall–Kier alpha value is -3.13. The molecule has 4 rings (SSSR count). The number of para-hydroxylation sites is 1. The molecule has 8 heteroatoms. The molecule has 1 atom stereocenters. The first kappa shape index (κ1) is 21.1. The highest BCUT2D eigenvalue weighted by molar-refractivity contribution is 7.17. The zero-order chi connectivity index (χ0) is 21.8. The van der Waals surface area contributed by atoms with E-state index in [9.17, 15) is 14.0 Å². The van der Waals surface area contributed by atoms with Gasteiger partial charge in [0, 0.05) is 4.88 Å². The summed E-state index contributed by atoms with van der Waals surface area (Å²) in [5.74, 6) is -0.579. The van der Waals surface area contributed by atoms with Crippen molar-refractivity contribution in [2.45, 2.75) is 45.3 Å². The number of thiophene rings is 1. The molecule has 0 fully saturated rings. The van der Waals surface area contributed by atoms with Crippen LogP contribution in [0.1, 0.15) is 46.3 Å². The van der Waals surface area contributed by atoms with Gasteiger partial charge >= 0.3 is 0 Å². The van der Waals surface area contributed by atoms with Crippen LogP contribution < -0.4 is 15.4 Å². The van der Waals surface area contributed by atoms with Crippen molar-refractivity contribution in [3.8, 4) is 5.75 Å². The van der Waals surface area contributed by atoms with Crippen LogP contribution in [-0.2, 0) is 24.2 Å². The molecule has 2 N–H and O–H groups in total. The van der Waals surface area contributed by atoms with Crippen LogP contribution in [0.15, 0.2) is 47.1 Å². The lowest BCUT2D eigenvalue weighted by atomic mass is 9.95. The van der Waals surface area contributed by atoms with Crippen molar-refractivity contribution in [2.75, 3.05) is 5.32 Å². The average molecular weight is 443 g/mol. The van der Waals surface area contributed by atoms with Gasteiger partial charge in [0.1, 0.15) is 10.8 Å². The highest BCUT2D eigenvalue weighted by Gasteiger charge is 2.28. The number of fused-ring (bicyclic) bond motifs is 1. The number of hydrogen-bond acceptors (Lipinski definition) is 5. The molecule has 2 heterocycles. The topological polar surface area (TPSA) is 80.6 Å². The summed E-state index contributed by atoms with van der Waals surface area (Å²) in [5, 5.41) is 6.20. The van der Waals surface area contributed by atoms with Crippen molar-refractivity contribution in [3.05, 3.63) is 70.2 Å². The Morgan fingerprint density at radius 3 is 2.77 bits per heavy atom. The Balaban J connectivity index is 1.51. The van der Waals surface area contributed by atoms with E-state index in [0.29, 0.717) is 16.3 Å². The molecule has 0 bridgehead atoms. The molecule has 162 valence electrons. The lowest BCUT2D eigenvalue weighted by Gasteiger charge is -2.16. The average Bonchev–Trinajstić information content (AvgIpc) is 3.41. The molecule has 0 saturated heterocycles. The minimum atomic E-state index is -0.935. The molecular weight excluding hydrogens is 419 g/mol. The predicted octanol–water partition coefficient (Wildman–Crippen LogP) is 4.70. The second-order valence-electron chi connectivity index (χ2n) is 7.36. The van der Waals surface area contributed by atoms with Crippen molar-refractivity contribution < 1.29 is 23.1 Å². The van der Waals surface area contributed by atoms with E-state index in [2.05, 4.69) is 10.6 Å². The van der Waals surface area contributed by atoms with E-state index in [-0.39, 0.29) is 18.2 Å². The zero-order valence-electron chi connectivity index (χ0n) is 17.1. The lowest BCUT2D eigenvalue weighted by Crippen LogP contribution is -2.31. The summed E-state index contributed by atoms with van der Waals surface area (Å²) in [7, 11) is 0. The van der Waals surface area contributed by atoms with Crippen LogP contribution in [0.25, 0.3) is 0 Å². The normalized spacial score (nSPS) is 13.9. The molecule has 31 heavy (non-hydrogen) atoms. The number of halogens is 1. The van der Waals surface area contributed by atoms with Gasteiger partial charge < -0.3 is 19.8 Å². The molecule has 0 radical (unpaired) electrons. The van der Waals surface area contributed by atoms with Crippen LogP contribution >= 0.6 is 11.3 Å². The number of aryl methyl sites for hydroxylation is 1. The Labute approximate surface area is 183 Å². The fourth-order valence-electron chi connectivity index (χ4n) is 3.56. The van der Waals surface area contributed by atoms with Gasteiger partial charge in [0.05, 0.1) is 18.4 Å². The van der Waals surface area contributed by atoms with E-state index in [1.54, 1.807) is 37.5 Å². The number of carbonyl (C=O) groups is 2. The lowest BCUT2D eigenvalue weighted by molar-refractivity contribution is -0.122. The molecule has 1 aliphatic carbocycles. The maximum Gasteiger partial charge on any atom is 0.265 e. The van der Waals surface area contributed by atoms with E-state index in [1.807, 2.05) is 0 Å². The molecule has 6 nitrogen and oxygen atoms in total. The number of carbonyl (C=O) groups excluding carboxylic acids is 2. The number of rotatable bonds is 7. The second-order valence-corrected chi connectivity index (χ2v) is 8.46. The van der Waals surface area contributed by atoms with Gasteiger partial charge in [-0.1, -0.05) is 12.1 Å². The molecular formula is C23H23FN2O4S. The zero-order valence-corrected chi connectivity index (χ0v) is 17.9. The Bertz CT molecular complexity index is 1080. The van der Waals surface area contributed by atoms with Crippen LogP contribution in [0, 0.1) is 5.82 Å². The number of ether oxygens (including phenoxy) is 1. The van der Waals surface area contributed by atoms with Crippen LogP contribution in [-0.4, -0.2) is 17.9 Å². The first-order valence-corrected chi connectivity index (χ1v) is 11.0. The Morgan fingerprint density at radius 2 is 2.00 bits per heavy atom. The monoisotopic (exact) mass is 442 g/mol. The summed E-state index contributed by atoms with van der Waals surface area (Å²) in [4.78, 5) is 26.9. The number of furan rings is 1. The summed E-state index contributed by atoms with van der Waals surface area (Å²) in [5.41, 5.74) is 1.49. The largest absolute Gasteiger partial charge is 0.478 e. The summed E-state index contributed by atoms with van der Waals surface area (Å²) in [6.45, 7) is 1.81. The van der Waals surface area contributed by atoms with E-state index in [4.69, 9.17) is 9.15 Å². The standard InChI is InChI=1S/C23H23FN2O4S/c1-14(30-18-10-4-3-9-17(18)24)21(27)26-23-20(16-8-2-5-11-19(16)31-23)22(28)25-13-15-7-6-12-29-15/h3-4,6-7,9-10,12,14H,2,5,8,11,13H2,1H3,(H,25,28)(H,26,27)/t14-/m1/s1. The van der Waals surface area contributed by atoms with E-state index in [1.165, 1.54) is 23.5 Å². The van der Waals surface area contributed by atoms with Gasteiger partial charge in [-0.25, -0.2) is 4.39 Å². The van der Waals surface area contributed by atoms with Gasteiger partial charge in [0.25, 0.3) is 11.8 Å². The maximum atomic E-state index is 13.9. The van der Waals surface area contributed by atoms with Crippen LogP contribution in [0.3, 0.4) is 0 Å². The van der Waals surface area contributed by atoms with E-state index >= 15 is 0 Å². The van der Waals surface area contributed by atoms with Crippen molar-refractivity contribution in [1.29, 1.82) is 0 Å². The smallest absolute Gasteiger partial charge is 0.265 e.